The maximum absolute atomic E-state index is 11.4. The quantitative estimate of drug-likeness (QED) is 0.754. The average molecular weight is 311 g/mol. The summed E-state index contributed by atoms with van der Waals surface area (Å²) >= 11 is 1.68. The molecule has 1 fully saturated rings. The lowest BCUT2D eigenvalue weighted by atomic mass is 10.1. The number of hydrogen-bond donors (Lipinski definition) is 0. The topological polar surface area (TPSA) is 45.7 Å². The number of anilines is 1. The number of hydrogen-bond acceptors (Lipinski definition) is 6. The van der Waals surface area contributed by atoms with Crippen molar-refractivity contribution in [2.45, 2.75) is 38.6 Å². The summed E-state index contributed by atoms with van der Waals surface area (Å²) in [6, 6.07) is 0.602. The van der Waals surface area contributed by atoms with Gasteiger partial charge in [0.05, 0.1) is 18.7 Å². The first kappa shape index (κ1) is 16.2. The highest BCUT2D eigenvalue weighted by Gasteiger charge is 2.23. The smallest absolute Gasteiger partial charge is 0.306 e. The molecule has 1 saturated heterocycles. The van der Waals surface area contributed by atoms with Crippen LogP contribution in [0, 0.1) is 0 Å². The van der Waals surface area contributed by atoms with Gasteiger partial charge in [-0.25, -0.2) is 4.98 Å². The molecule has 0 amide bonds. The molecule has 0 bridgehead atoms. The largest absolute Gasteiger partial charge is 0.466 e. The first-order chi connectivity index (χ1) is 10.1. The predicted octanol–water partition coefficient (Wildman–Crippen LogP) is 2.17. The summed E-state index contributed by atoms with van der Waals surface area (Å²) in [6.07, 6.45) is 3.54. The second-order valence-corrected chi connectivity index (χ2v) is 6.47. The van der Waals surface area contributed by atoms with Crippen LogP contribution in [-0.4, -0.2) is 55.7 Å². The van der Waals surface area contributed by atoms with Gasteiger partial charge < -0.3 is 14.5 Å². The van der Waals surface area contributed by atoms with Gasteiger partial charge in [0.25, 0.3) is 0 Å². The van der Waals surface area contributed by atoms with Gasteiger partial charge in [0.2, 0.25) is 0 Å². The normalized spacial score (nSPS) is 19.0. The van der Waals surface area contributed by atoms with Gasteiger partial charge in [-0.1, -0.05) is 0 Å². The van der Waals surface area contributed by atoms with E-state index >= 15 is 0 Å². The van der Waals surface area contributed by atoms with Gasteiger partial charge >= 0.3 is 5.97 Å². The van der Waals surface area contributed by atoms with E-state index < -0.39 is 0 Å². The minimum absolute atomic E-state index is 0.141. The monoisotopic (exact) mass is 311 g/mol. The third-order valence-electron chi connectivity index (χ3n) is 3.83. The number of carbonyl (C=O) groups is 1. The van der Waals surface area contributed by atoms with E-state index in [1.807, 2.05) is 6.92 Å². The lowest BCUT2D eigenvalue weighted by Gasteiger charge is -2.35. The maximum atomic E-state index is 11.4. The van der Waals surface area contributed by atoms with Crippen molar-refractivity contribution < 1.29 is 9.53 Å². The van der Waals surface area contributed by atoms with Gasteiger partial charge in [0, 0.05) is 30.9 Å². The average Bonchev–Trinajstić information content (AvgIpc) is 2.94. The second kappa shape index (κ2) is 7.75. The van der Waals surface area contributed by atoms with Crippen LogP contribution in [0.4, 0.5) is 5.13 Å². The first-order valence-corrected chi connectivity index (χ1v) is 8.49. The number of thiazole rings is 1. The molecular weight excluding hydrogens is 286 g/mol. The van der Waals surface area contributed by atoms with Gasteiger partial charge in [-0.3, -0.25) is 4.79 Å². The minimum atomic E-state index is -0.141. The van der Waals surface area contributed by atoms with Crippen molar-refractivity contribution >= 4 is 22.4 Å². The Morgan fingerprint density at radius 1 is 1.57 bits per heavy atom. The first-order valence-electron chi connectivity index (χ1n) is 7.61. The fraction of sp³-hybridized carbons (Fsp3) is 0.733. The zero-order chi connectivity index (χ0) is 15.2. The number of piperidine rings is 1. The van der Waals surface area contributed by atoms with Crippen LogP contribution in [-0.2, 0) is 16.0 Å². The van der Waals surface area contributed by atoms with Crippen LogP contribution in [0.1, 0.15) is 31.9 Å². The van der Waals surface area contributed by atoms with Crippen molar-refractivity contribution in [3.05, 3.63) is 11.1 Å². The van der Waals surface area contributed by atoms with Crippen molar-refractivity contribution in [3.8, 4) is 0 Å². The van der Waals surface area contributed by atoms with Crippen molar-refractivity contribution in [2.24, 2.45) is 0 Å². The van der Waals surface area contributed by atoms with E-state index in [2.05, 4.69) is 34.3 Å². The molecule has 1 aliphatic rings. The Kier molecular flexibility index (Phi) is 5.99. The van der Waals surface area contributed by atoms with E-state index in [1.165, 1.54) is 12.8 Å². The summed E-state index contributed by atoms with van der Waals surface area (Å²) in [5.41, 5.74) is 0.995. The van der Waals surface area contributed by atoms with Crippen LogP contribution in [0.15, 0.2) is 5.38 Å². The molecule has 0 aromatic carbocycles. The molecule has 0 spiro atoms. The summed E-state index contributed by atoms with van der Waals surface area (Å²) in [6.45, 7) is 4.39. The van der Waals surface area contributed by atoms with Gasteiger partial charge in [-0.2, -0.15) is 0 Å². The van der Waals surface area contributed by atoms with E-state index in [9.17, 15) is 4.79 Å². The van der Waals surface area contributed by atoms with Crippen LogP contribution in [0.5, 0.6) is 0 Å². The Balaban J connectivity index is 1.88. The molecule has 0 aliphatic carbocycles. The number of nitrogens with zero attached hydrogens (tertiary/aromatic N) is 3. The SMILES string of the molecule is CCOC(=O)CCc1csc(N2CCCC(N(C)C)C2)n1. The lowest BCUT2D eigenvalue weighted by Crippen LogP contribution is -2.45. The molecule has 1 aromatic heterocycles. The molecule has 118 valence electrons. The number of aromatic nitrogens is 1. The van der Waals surface area contributed by atoms with Gasteiger partial charge in [-0.15, -0.1) is 11.3 Å². The third kappa shape index (κ3) is 4.68. The standard InChI is InChI=1S/C15H25N3O2S/c1-4-20-14(19)8-7-12-11-21-15(16-12)18-9-5-6-13(10-18)17(2)3/h11,13H,4-10H2,1-3H3. The van der Waals surface area contributed by atoms with E-state index in [1.54, 1.807) is 11.3 Å². The minimum Gasteiger partial charge on any atom is -0.466 e. The molecule has 21 heavy (non-hydrogen) atoms. The molecule has 1 aromatic rings. The number of aryl methyl sites for hydroxylation is 1. The molecule has 6 heteroatoms. The maximum Gasteiger partial charge on any atom is 0.306 e. The molecule has 2 heterocycles. The van der Waals surface area contributed by atoms with Gasteiger partial charge in [0.15, 0.2) is 5.13 Å². The Hall–Kier alpha value is -1.14. The predicted molar refractivity (Wildman–Crippen MR) is 86.0 cm³/mol. The Bertz CT molecular complexity index is 462. The number of ether oxygens (including phenoxy) is 1. The molecule has 0 saturated carbocycles. The van der Waals surface area contributed by atoms with E-state index in [0.717, 1.165) is 23.9 Å². The van der Waals surface area contributed by atoms with E-state index in [-0.39, 0.29) is 5.97 Å². The zero-order valence-electron chi connectivity index (χ0n) is 13.2. The molecule has 5 nitrogen and oxygen atoms in total. The summed E-state index contributed by atoms with van der Waals surface area (Å²) < 4.78 is 4.95. The van der Waals surface area contributed by atoms with Gasteiger partial charge in [0.1, 0.15) is 0 Å². The van der Waals surface area contributed by atoms with Crippen molar-refractivity contribution in [1.82, 2.24) is 9.88 Å². The molecular formula is C15H25N3O2S. The van der Waals surface area contributed by atoms with Crippen LogP contribution < -0.4 is 4.90 Å². The van der Waals surface area contributed by atoms with Crippen molar-refractivity contribution in [2.75, 3.05) is 38.7 Å². The second-order valence-electron chi connectivity index (χ2n) is 5.63. The highest BCUT2D eigenvalue weighted by molar-refractivity contribution is 7.13. The molecule has 1 aliphatic heterocycles. The lowest BCUT2D eigenvalue weighted by molar-refractivity contribution is -0.143. The fourth-order valence-electron chi connectivity index (χ4n) is 2.57. The zero-order valence-corrected chi connectivity index (χ0v) is 14.0. The summed E-state index contributed by atoms with van der Waals surface area (Å²) in [5, 5.41) is 3.15. The van der Waals surface area contributed by atoms with Gasteiger partial charge in [-0.05, 0) is 33.9 Å². The highest BCUT2D eigenvalue weighted by atomic mass is 32.1. The third-order valence-corrected chi connectivity index (χ3v) is 4.78. The Morgan fingerprint density at radius 2 is 2.38 bits per heavy atom. The summed E-state index contributed by atoms with van der Waals surface area (Å²) in [5.74, 6) is -0.141. The molecule has 1 unspecified atom stereocenters. The number of likely N-dealkylation sites (N-methyl/N-ethyl adjacent to an activating group) is 1. The summed E-state index contributed by atoms with van der Waals surface area (Å²) in [7, 11) is 4.28. The van der Waals surface area contributed by atoms with E-state index in [4.69, 9.17) is 4.74 Å². The van der Waals surface area contributed by atoms with Crippen LogP contribution in [0.25, 0.3) is 0 Å². The number of esters is 1. The molecule has 1 atom stereocenters. The fourth-order valence-corrected chi connectivity index (χ4v) is 3.47. The van der Waals surface area contributed by atoms with Crippen molar-refractivity contribution in [3.63, 3.8) is 0 Å². The van der Waals surface area contributed by atoms with Crippen LogP contribution >= 0.6 is 11.3 Å². The highest BCUT2D eigenvalue weighted by Crippen LogP contribution is 2.25. The Labute approximate surface area is 130 Å². The van der Waals surface area contributed by atoms with Crippen LogP contribution in [0.3, 0.4) is 0 Å². The molecule has 0 N–H and O–H groups in total. The van der Waals surface area contributed by atoms with E-state index in [0.29, 0.717) is 25.5 Å². The molecule has 0 radical (unpaired) electrons. The Morgan fingerprint density at radius 3 is 3.10 bits per heavy atom. The van der Waals surface area contributed by atoms with Crippen LogP contribution in [0.2, 0.25) is 0 Å². The number of carbonyl (C=O) groups excluding carboxylic acids is 1. The number of rotatable bonds is 6. The molecule has 2 rings (SSSR count). The summed E-state index contributed by atoms with van der Waals surface area (Å²) in [4.78, 5) is 20.7. The van der Waals surface area contributed by atoms with Crippen molar-refractivity contribution in [1.29, 1.82) is 0 Å².